The second-order valence-corrected chi connectivity index (χ2v) is 6.83. The fourth-order valence-corrected chi connectivity index (χ4v) is 4.90. The molecule has 100 valence electrons. The maximum atomic E-state index is 13.0. The van der Waals surface area contributed by atoms with Crippen molar-refractivity contribution in [1.82, 2.24) is 0 Å². The first-order valence-corrected chi connectivity index (χ1v) is 7.94. The van der Waals surface area contributed by atoms with Crippen LogP contribution in [0.2, 0.25) is 0 Å². The number of fused-ring (bicyclic) bond motifs is 3. The Morgan fingerprint density at radius 2 is 1.95 bits per heavy atom. The van der Waals surface area contributed by atoms with Gasteiger partial charge in [0.05, 0.1) is 0 Å². The summed E-state index contributed by atoms with van der Waals surface area (Å²) < 4.78 is 0. The van der Waals surface area contributed by atoms with Gasteiger partial charge >= 0.3 is 0 Å². The lowest BCUT2D eigenvalue weighted by molar-refractivity contribution is -0.126. The molecule has 0 aliphatic heterocycles. The second-order valence-electron chi connectivity index (χ2n) is 6.83. The van der Waals surface area contributed by atoms with Crippen molar-refractivity contribution in [3.8, 4) is 0 Å². The Bertz CT molecular complexity index is 504. The van der Waals surface area contributed by atoms with E-state index in [4.69, 9.17) is 0 Å². The molecule has 0 spiro atoms. The zero-order valence-electron chi connectivity index (χ0n) is 11.5. The van der Waals surface area contributed by atoms with Crippen molar-refractivity contribution in [2.24, 2.45) is 17.8 Å². The molecule has 3 aliphatic rings. The summed E-state index contributed by atoms with van der Waals surface area (Å²) >= 11 is 0. The van der Waals surface area contributed by atoms with E-state index < -0.39 is 0 Å². The molecule has 0 aromatic heterocycles. The van der Waals surface area contributed by atoms with Gasteiger partial charge in [-0.15, -0.1) is 0 Å². The molecule has 2 saturated carbocycles. The van der Waals surface area contributed by atoms with E-state index in [0.717, 1.165) is 24.7 Å². The minimum absolute atomic E-state index is 0.217. The number of Topliss-reactive ketones (excluding diaryl/α,β-unsaturated/α-hetero) is 1. The molecule has 0 heterocycles. The quantitative estimate of drug-likeness (QED) is 0.776. The van der Waals surface area contributed by atoms with E-state index in [2.05, 4.69) is 24.3 Å². The topological polar surface area (TPSA) is 17.1 Å². The van der Waals surface area contributed by atoms with Crippen LogP contribution in [0.15, 0.2) is 24.3 Å². The Kier molecular flexibility index (Phi) is 2.75. The van der Waals surface area contributed by atoms with Gasteiger partial charge < -0.3 is 0 Å². The number of rotatable bonds is 2. The summed E-state index contributed by atoms with van der Waals surface area (Å²) in [6, 6.07) is 8.63. The number of carbonyl (C=O) groups excluding carboxylic acids is 1. The first kappa shape index (κ1) is 11.7. The Morgan fingerprint density at radius 3 is 2.74 bits per heavy atom. The van der Waals surface area contributed by atoms with Crippen LogP contribution < -0.4 is 0 Å². The van der Waals surface area contributed by atoms with Crippen LogP contribution in [0.4, 0.5) is 0 Å². The van der Waals surface area contributed by atoms with E-state index in [1.807, 2.05) is 0 Å². The second kappa shape index (κ2) is 4.47. The van der Waals surface area contributed by atoms with Gasteiger partial charge in [0.25, 0.3) is 0 Å². The Labute approximate surface area is 115 Å². The number of ketones is 1. The molecule has 4 unspecified atom stereocenters. The normalized spacial score (nSPS) is 36.2. The van der Waals surface area contributed by atoms with E-state index in [-0.39, 0.29) is 5.92 Å². The van der Waals surface area contributed by atoms with Crippen molar-refractivity contribution in [2.75, 3.05) is 0 Å². The Morgan fingerprint density at radius 1 is 1.05 bits per heavy atom. The van der Waals surface area contributed by atoms with Crippen molar-refractivity contribution in [2.45, 2.75) is 50.9 Å². The molecule has 1 aromatic rings. The molecule has 1 aromatic carbocycles. The third kappa shape index (κ3) is 1.86. The summed E-state index contributed by atoms with van der Waals surface area (Å²) in [4.78, 5) is 13.0. The average molecular weight is 254 g/mol. The van der Waals surface area contributed by atoms with Gasteiger partial charge in [0.1, 0.15) is 5.78 Å². The highest BCUT2D eigenvalue weighted by atomic mass is 16.1. The van der Waals surface area contributed by atoms with Crippen LogP contribution in [0, 0.1) is 17.8 Å². The number of carbonyl (C=O) groups is 1. The highest BCUT2D eigenvalue weighted by Crippen LogP contribution is 2.50. The molecule has 0 N–H and O–H groups in total. The van der Waals surface area contributed by atoms with E-state index in [1.165, 1.54) is 43.2 Å². The fraction of sp³-hybridized carbons (Fsp3) is 0.611. The number of hydrogen-bond acceptors (Lipinski definition) is 1. The van der Waals surface area contributed by atoms with Gasteiger partial charge in [-0.3, -0.25) is 4.79 Å². The Hall–Kier alpha value is -1.11. The SMILES string of the molecule is O=C(C1CCCc2ccccc21)C1CC2CCC1C2. The minimum Gasteiger partial charge on any atom is -0.299 e. The maximum absolute atomic E-state index is 13.0. The summed E-state index contributed by atoms with van der Waals surface area (Å²) in [7, 11) is 0. The predicted octanol–water partition coefficient (Wildman–Crippen LogP) is 4.11. The molecule has 4 rings (SSSR count). The van der Waals surface area contributed by atoms with E-state index in [9.17, 15) is 4.79 Å². The van der Waals surface area contributed by atoms with Gasteiger partial charge in [0.2, 0.25) is 0 Å². The van der Waals surface area contributed by atoms with Crippen LogP contribution in [0.1, 0.15) is 55.6 Å². The number of aryl methyl sites for hydroxylation is 1. The lowest BCUT2D eigenvalue weighted by Crippen LogP contribution is -2.28. The third-order valence-electron chi connectivity index (χ3n) is 5.82. The minimum atomic E-state index is 0.217. The summed E-state index contributed by atoms with van der Waals surface area (Å²) in [6.07, 6.45) is 8.67. The van der Waals surface area contributed by atoms with Crippen molar-refractivity contribution < 1.29 is 4.79 Å². The van der Waals surface area contributed by atoms with Gasteiger partial charge in [0.15, 0.2) is 0 Å². The molecule has 2 fully saturated rings. The van der Waals surface area contributed by atoms with Crippen LogP contribution in [0.3, 0.4) is 0 Å². The molecule has 2 bridgehead atoms. The average Bonchev–Trinajstić information content (AvgIpc) is 3.08. The number of benzene rings is 1. The molecule has 1 heteroatoms. The summed E-state index contributed by atoms with van der Waals surface area (Å²) in [5, 5.41) is 0. The van der Waals surface area contributed by atoms with Gasteiger partial charge in [-0.25, -0.2) is 0 Å². The molecular formula is C18H22O. The maximum Gasteiger partial charge on any atom is 0.143 e. The van der Waals surface area contributed by atoms with E-state index in [0.29, 0.717) is 11.7 Å². The smallest absolute Gasteiger partial charge is 0.143 e. The molecule has 1 nitrogen and oxygen atoms in total. The third-order valence-corrected chi connectivity index (χ3v) is 5.82. The lowest BCUT2D eigenvalue weighted by atomic mass is 9.73. The summed E-state index contributed by atoms with van der Waals surface area (Å²) in [5.74, 6) is 2.80. The van der Waals surface area contributed by atoms with E-state index in [1.54, 1.807) is 0 Å². The molecule has 0 radical (unpaired) electrons. The fourth-order valence-electron chi connectivity index (χ4n) is 4.90. The largest absolute Gasteiger partial charge is 0.299 e. The van der Waals surface area contributed by atoms with Crippen LogP contribution in [0.5, 0.6) is 0 Å². The lowest BCUT2D eigenvalue weighted by Gasteiger charge is -2.29. The van der Waals surface area contributed by atoms with Gasteiger partial charge in [-0.1, -0.05) is 30.7 Å². The van der Waals surface area contributed by atoms with Gasteiger partial charge in [-0.2, -0.15) is 0 Å². The van der Waals surface area contributed by atoms with Crippen LogP contribution in [-0.2, 0) is 11.2 Å². The highest BCUT2D eigenvalue weighted by molar-refractivity contribution is 5.89. The van der Waals surface area contributed by atoms with Crippen molar-refractivity contribution >= 4 is 5.78 Å². The van der Waals surface area contributed by atoms with Crippen LogP contribution in [0.25, 0.3) is 0 Å². The predicted molar refractivity (Wildman–Crippen MR) is 76.1 cm³/mol. The first-order chi connectivity index (χ1) is 9.33. The zero-order valence-corrected chi connectivity index (χ0v) is 11.5. The van der Waals surface area contributed by atoms with Crippen molar-refractivity contribution in [3.05, 3.63) is 35.4 Å². The monoisotopic (exact) mass is 254 g/mol. The molecule has 0 amide bonds. The summed E-state index contributed by atoms with van der Waals surface area (Å²) in [5.41, 5.74) is 2.77. The standard InChI is InChI=1S/C18H22O/c19-18(17-11-12-8-9-14(17)10-12)16-7-3-5-13-4-1-2-6-15(13)16/h1-2,4,6,12,14,16-17H,3,5,7-11H2. The Balaban J connectivity index is 1.61. The molecule has 0 saturated heterocycles. The van der Waals surface area contributed by atoms with Crippen molar-refractivity contribution in [3.63, 3.8) is 0 Å². The molecule has 3 aliphatic carbocycles. The van der Waals surface area contributed by atoms with Crippen molar-refractivity contribution in [1.29, 1.82) is 0 Å². The van der Waals surface area contributed by atoms with Crippen LogP contribution in [-0.4, -0.2) is 5.78 Å². The molecule has 19 heavy (non-hydrogen) atoms. The van der Waals surface area contributed by atoms with E-state index >= 15 is 0 Å². The van der Waals surface area contributed by atoms with Gasteiger partial charge in [-0.05, 0) is 61.5 Å². The molecular weight excluding hydrogens is 232 g/mol. The zero-order chi connectivity index (χ0) is 12.8. The molecule has 4 atom stereocenters. The summed E-state index contributed by atoms with van der Waals surface area (Å²) in [6.45, 7) is 0. The number of hydrogen-bond donors (Lipinski definition) is 0. The highest BCUT2D eigenvalue weighted by Gasteiger charge is 2.45. The first-order valence-electron chi connectivity index (χ1n) is 7.94. The van der Waals surface area contributed by atoms with Crippen LogP contribution >= 0.6 is 0 Å². The van der Waals surface area contributed by atoms with Gasteiger partial charge in [0, 0.05) is 11.8 Å².